The number of aromatic nitrogens is 1. The molecule has 3 N–H and O–H groups in total. The van der Waals surface area contributed by atoms with Crippen molar-refractivity contribution in [1.29, 1.82) is 0 Å². The highest BCUT2D eigenvalue weighted by atomic mass is 35.5. The Morgan fingerprint density at radius 3 is 2.44 bits per heavy atom. The first-order valence-electron chi connectivity index (χ1n) is 9.67. The van der Waals surface area contributed by atoms with Crippen LogP contribution in [0.1, 0.15) is 16.1 Å². The van der Waals surface area contributed by atoms with E-state index in [1.54, 1.807) is 55.6 Å². The minimum absolute atomic E-state index is 0.113. The smallest absolute Gasteiger partial charge is 0.307 e. The van der Waals surface area contributed by atoms with Crippen molar-refractivity contribution in [1.82, 2.24) is 4.98 Å². The highest BCUT2D eigenvalue weighted by Gasteiger charge is 2.11. The monoisotopic (exact) mass is 450 g/mol. The molecule has 7 nitrogen and oxygen atoms in total. The summed E-state index contributed by atoms with van der Waals surface area (Å²) in [4.78, 5) is 26.5. The number of carboxylic acid groups (broad SMARTS) is 1. The second kappa shape index (κ2) is 9.03. The molecule has 0 fully saturated rings. The maximum Gasteiger partial charge on any atom is 0.307 e. The van der Waals surface area contributed by atoms with Crippen LogP contribution in [-0.4, -0.2) is 29.1 Å². The number of amides is 1. The van der Waals surface area contributed by atoms with Gasteiger partial charge in [0, 0.05) is 16.6 Å². The third kappa shape index (κ3) is 4.84. The Hall–Kier alpha value is -3.97. The van der Waals surface area contributed by atoms with Crippen LogP contribution in [0, 0.1) is 0 Å². The van der Waals surface area contributed by atoms with Crippen LogP contribution in [0.3, 0.4) is 0 Å². The average Bonchev–Trinajstić information content (AvgIpc) is 3.20. The number of carboxylic acids is 1. The van der Waals surface area contributed by atoms with Crippen molar-refractivity contribution in [3.8, 4) is 17.2 Å². The molecule has 4 rings (SSSR count). The van der Waals surface area contributed by atoms with Crippen LogP contribution in [0.15, 0.2) is 66.7 Å². The topological polar surface area (TPSA) is 101 Å². The Kier molecular flexibility index (Phi) is 6.00. The molecule has 32 heavy (non-hydrogen) atoms. The number of benzene rings is 3. The number of methoxy groups -OCH3 is 1. The molecule has 162 valence electrons. The number of carbonyl (C=O) groups is 2. The zero-order valence-corrected chi connectivity index (χ0v) is 17.8. The van der Waals surface area contributed by atoms with Gasteiger partial charge in [-0.1, -0.05) is 17.7 Å². The lowest BCUT2D eigenvalue weighted by atomic mass is 10.1. The van der Waals surface area contributed by atoms with E-state index in [0.717, 1.165) is 16.7 Å². The maximum absolute atomic E-state index is 12.6. The number of aliphatic carboxylic acids is 1. The average molecular weight is 451 g/mol. The van der Waals surface area contributed by atoms with Gasteiger partial charge in [0.05, 0.1) is 18.6 Å². The van der Waals surface area contributed by atoms with Crippen LogP contribution in [-0.2, 0) is 11.2 Å². The zero-order valence-electron chi connectivity index (χ0n) is 17.0. The van der Waals surface area contributed by atoms with E-state index in [-0.39, 0.29) is 12.3 Å². The maximum atomic E-state index is 12.6. The number of halogens is 1. The quantitative estimate of drug-likeness (QED) is 0.345. The lowest BCUT2D eigenvalue weighted by Gasteiger charge is -2.10. The lowest BCUT2D eigenvalue weighted by molar-refractivity contribution is -0.136. The fourth-order valence-corrected chi connectivity index (χ4v) is 3.45. The number of hydrogen-bond donors (Lipinski definition) is 3. The van der Waals surface area contributed by atoms with E-state index in [9.17, 15) is 9.59 Å². The van der Waals surface area contributed by atoms with E-state index in [4.69, 9.17) is 26.2 Å². The Morgan fingerprint density at radius 2 is 1.75 bits per heavy atom. The first-order chi connectivity index (χ1) is 15.4. The van der Waals surface area contributed by atoms with Crippen molar-refractivity contribution < 1.29 is 24.2 Å². The highest BCUT2D eigenvalue weighted by molar-refractivity contribution is 6.32. The molecule has 0 unspecified atom stereocenters. The number of carbonyl (C=O) groups excluding carboxylic acids is 1. The summed E-state index contributed by atoms with van der Waals surface area (Å²) >= 11 is 6.20. The summed E-state index contributed by atoms with van der Waals surface area (Å²) in [5.74, 6) is 0.445. The third-order valence-corrected chi connectivity index (χ3v) is 5.06. The molecule has 4 aromatic rings. The number of fused-ring (bicyclic) bond motifs is 1. The van der Waals surface area contributed by atoms with E-state index >= 15 is 0 Å². The Balaban J connectivity index is 1.42. The minimum Gasteiger partial charge on any atom is -0.497 e. The Bertz CT molecular complexity index is 1300. The van der Waals surface area contributed by atoms with Crippen LogP contribution >= 0.6 is 11.6 Å². The number of nitrogens with one attached hydrogen (secondary N) is 2. The summed E-state index contributed by atoms with van der Waals surface area (Å²) in [7, 11) is 1.59. The molecule has 0 aliphatic rings. The second-order valence-corrected chi connectivity index (χ2v) is 7.46. The number of anilines is 1. The Labute approximate surface area is 188 Å². The lowest BCUT2D eigenvalue weighted by Crippen LogP contribution is -2.12. The molecule has 1 heterocycles. The van der Waals surface area contributed by atoms with E-state index in [2.05, 4.69) is 10.3 Å². The molecule has 0 spiro atoms. The first-order valence-corrected chi connectivity index (χ1v) is 10.1. The summed E-state index contributed by atoms with van der Waals surface area (Å²) in [6.45, 7) is 0. The van der Waals surface area contributed by atoms with Crippen molar-refractivity contribution >= 4 is 40.1 Å². The van der Waals surface area contributed by atoms with E-state index in [1.807, 2.05) is 18.2 Å². The molecule has 0 aliphatic heterocycles. The number of ether oxygens (including phenoxy) is 2. The van der Waals surface area contributed by atoms with Gasteiger partial charge in [0.15, 0.2) is 0 Å². The largest absolute Gasteiger partial charge is 0.497 e. The summed E-state index contributed by atoms with van der Waals surface area (Å²) in [5, 5.41) is 12.9. The van der Waals surface area contributed by atoms with Gasteiger partial charge in [0.1, 0.15) is 22.9 Å². The number of hydrogen-bond acceptors (Lipinski definition) is 4. The van der Waals surface area contributed by atoms with Gasteiger partial charge in [0.25, 0.3) is 5.91 Å². The normalized spacial score (nSPS) is 10.7. The van der Waals surface area contributed by atoms with Gasteiger partial charge in [-0.3, -0.25) is 9.59 Å². The van der Waals surface area contributed by atoms with Crippen LogP contribution in [0.5, 0.6) is 17.2 Å². The number of rotatable bonds is 7. The second-order valence-electron chi connectivity index (χ2n) is 7.05. The van der Waals surface area contributed by atoms with Crippen LogP contribution in [0.25, 0.3) is 10.9 Å². The predicted molar refractivity (Wildman–Crippen MR) is 122 cm³/mol. The molecule has 0 saturated carbocycles. The van der Waals surface area contributed by atoms with Crippen molar-refractivity contribution in [3.05, 3.63) is 83.0 Å². The molecule has 0 bridgehead atoms. The molecule has 1 aromatic heterocycles. The fourth-order valence-electron chi connectivity index (χ4n) is 3.20. The summed E-state index contributed by atoms with van der Waals surface area (Å²) < 4.78 is 11.0. The third-order valence-electron chi connectivity index (χ3n) is 4.76. The van der Waals surface area contributed by atoms with Crippen LogP contribution in [0.4, 0.5) is 5.69 Å². The van der Waals surface area contributed by atoms with Gasteiger partial charge in [0.2, 0.25) is 0 Å². The van der Waals surface area contributed by atoms with Gasteiger partial charge in [-0.2, -0.15) is 0 Å². The van der Waals surface area contributed by atoms with E-state index in [0.29, 0.717) is 33.5 Å². The van der Waals surface area contributed by atoms with Crippen LogP contribution < -0.4 is 14.8 Å². The first kappa shape index (κ1) is 21.3. The molecule has 3 aromatic carbocycles. The standard InChI is InChI=1S/C24H19ClN2O5/c1-31-18-7-8-20-15(12-18)13-21(27-20)24(30)26-16-3-5-17(6-4-16)32-22-9-2-14(10-19(22)25)11-23(28)29/h2-10,12-13,27H,11H2,1H3,(H,26,30)(H,28,29). The molecule has 0 aliphatic carbocycles. The van der Waals surface area contributed by atoms with E-state index < -0.39 is 5.97 Å². The fraction of sp³-hybridized carbons (Fsp3) is 0.0833. The zero-order chi connectivity index (χ0) is 22.7. The molecule has 0 saturated heterocycles. The molecule has 0 atom stereocenters. The SMILES string of the molecule is COc1ccc2[nH]c(C(=O)Nc3ccc(Oc4ccc(CC(=O)O)cc4Cl)cc3)cc2c1. The van der Waals surface area contributed by atoms with Gasteiger partial charge in [-0.05, 0) is 66.2 Å². The van der Waals surface area contributed by atoms with Gasteiger partial charge < -0.3 is 24.9 Å². The molecular formula is C24H19ClN2O5. The molecule has 1 amide bonds. The van der Waals surface area contributed by atoms with Crippen molar-refractivity contribution in [2.45, 2.75) is 6.42 Å². The van der Waals surface area contributed by atoms with Gasteiger partial charge in [-0.15, -0.1) is 0 Å². The van der Waals surface area contributed by atoms with Crippen molar-refractivity contribution in [2.75, 3.05) is 12.4 Å². The highest BCUT2D eigenvalue weighted by Crippen LogP contribution is 2.31. The molecule has 8 heteroatoms. The number of H-pyrrole nitrogens is 1. The summed E-state index contributed by atoms with van der Waals surface area (Å²) in [5.41, 5.74) is 2.46. The molecule has 0 radical (unpaired) electrons. The summed E-state index contributed by atoms with van der Waals surface area (Å²) in [6.07, 6.45) is -0.113. The molecular weight excluding hydrogens is 432 g/mol. The van der Waals surface area contributed by atoms with Gasteiger partial charge in [-0.25, -0.2) is 0 Å². The number of aromatic amines is 1. The van der Waals surface area contributed by atoms with Crippen molar-refractivity contribution in [2.24, 2.45) is 0 Å². The van der Waals surface area contributed by atoms with Crippen LogP contribution in [0.2, 0.25) is 5.02 Å². The minimum atomic E-state index is -0.931. The van der Waals surface area contributed by atoms with E-state index in [1.165, 1.54) is 0 Å². The Morgan fingerprint density at radius 1 is 1.00 bits per heavy atom. The predicted octanol–water partition coefficient (Wildman–Crippen LogP) is 5.50. The van der Waals surface area contributed by atoms with Gasteiger partial charge >= 0.3 is 5.97 Å². The summed E-state index contributed by atoms with van der Waals surface area (Å²) in [6, 6.07) is 19.0. The van der Waals surface area contributed by atoms with Crippen molar-refractivity contribution in [3.63, 3.8) is 0 Å².